The summed E-state index contributed by atoms with van der Waals surface area (Å²) in [5.41, 5.74) is 1.05. The van der Waals surface area contributed by atoms with E-state index in [2.05, 4.69) is 19.2 Å². The summed E-state index contributed by atoms with van der Waals surface area (Å²) < 4.78 is 28.7. The van der Waals surface area contributed by atoms with Crippen molar-refractivity contribution in [1.29, 1.82) is 0 Å². The van der Waals surface area contributed by atoms with Gasteiger partial charge >= 0.3 is 0 Å². The van der Waals surface area contributed by atoms with Crippen LogP contribution in [0.4, 0.5) is 0 Å². The van der Waals surface area contributed by atoms with E-state index in [1.54, 1.807) is 6.07 Å². The lowest BCUT2D eigenvalue weighted by Crippen LogP contribution is -2.38. The second kappa shape index (κ2) is 6.36. The fourth-order valence-electron chi connectivity index (χ4n) is 2.83. The predicted octanol–water partition coefficient (Wildman–Crippen LogP) is 2.94. The lowest BCUT2D eigenvalue weighted by atomic mass is 9.80. The largest absolute Gasteiger partial charge is 0.495 e. The van der Waals surface area contributed by atoms with Crippen molar-refractivity contribution < 1.29 is 13.2 Å². The molecule has 1 fully saturated rings. The average molecular weight is 311 g/mol. The Balaban J connectivity index is 2.16. The van der Waals surface area contributed by atoms with Gasteiger partial charge in [-0.05, 0) is 50.3 Å². The van der Waals surface area contributed by atoms with Gasteiger partial charge in [-0.15, -0.1) is 0 Å². The van der Waals surface area contributed by atoms with Crippen LogP contribution in [0.1, 0.15) is 44.7 Å². The third kappa shape index (κ3) is 3.77. The molecule has 0 unspecified atom stereocenters. The van der Waals surface area contributed by atoms with Gasteiger partial charge in [-0.25, -0.2) is 8.42 Å². The van der Waals surface area contributed by atoms with Gasteiger partial charge in [0.05, 0.1) is 7.11 Å². The first-order valence-electron chi connectivity index (χ1n) is 7.47. The Morgan fingerprint density at radius 3 is 2.43 bits per heavy atom. The molecule has 4 nitrogen and oxygen atoms in total. The van der Waals surface area contributed by atoms with Crippen molar-refractivity contribution in [3.63, 3.8) is 0 Å². The number of methoxy groups -OCH3 is 1. The van der Waals surface area contributed by atoms with E-state index in [1.807, 2.05) is 12.1 Å². The van der Waals surface area contributed by atoms with Crippen molar-refractivity contribution >= 4 is 9.84 Å². The summed E-state index contributed by atoms with van der Waals surface area (Å²) in [6.07, 6.45) is 5.14. The zero-order valence-corrected chi connectivity index (χ0v) is 14.0. The average Bonchev–Trinajstić information content (AvgIpc) is 2.34. The lowest BCUT2D eigenvalue weighted by Gasteiger charge is -2.34. The van der Waals surface area contributed by atoms with Gasteiger partial charge in [0, 0.05) is 18.3 Å². The van der Waals surface area contributed by atoms with Crippen LogP contribution >= 0.6 is 0 Å². The molecule has 21 heavy (non-hydrogen) atoms. The van der Waals surface area contributed by atoms with E-state index in [4.69, 9.17) is 4.74 Å². The SMILES string of the molecule is COc1cc([C@H](C)N[C@H](C)C2CCC2)ccc1S(C)(=O)=O. The summed E-state index contributed by atoms with van der Waals surface area (Å²) in [4.78, 5) is 0.244. The van der Waals surface area contributed by atoms with Crippen LogP contribution in [0.25, 0.3) is 0 Å². The Morgan fingerprint density at radius 1 is 1.29 bits per heavy atom. The third-order valence-electron chi connectivity index (χ3n) is 4.46. The van der Waals surface area contributed by atoms with Crippen molar-refractivity contribution in [1.82, 2.24) is 5.32 Å². The highest BCUT2D eigenvalue weighted by molar-refractivity contribution is 7.90. The molecule has 1 aliphatic rings. The second-order valence-electron chi connectivity index (χ2n) is 6.05. The van der Waals surface area contributed by atoms with Crippen LogP contribution < -0.4 is 10.1 Å². The van der Waals surface area contributed by atoms with Crippen LogP contribution in [0.2, 0.25) is 0 Å². The molecule has 0 aromatic heterocycles. The Hall–Kier alpha value is -1.07. The molecule has 2 rings (SSSR count). The first kappa shape index (κ1) is 16.3. The van der Waals surface area contributed by atoms with Crippen LogP contribution in [-0.2, 0) is 9.84 Å². The number of hydrogen-bond acceptors (Lipinski definition) is 4. The summed E-state index contributed by atoms with van der Waals surface area (Å²) in [6.45, 7) is 4.33. The molecule has 0 heterocycles. The van der Waals surface area contributed by atoms with E-state index in [0.717, 1.165) is 11.5 Å². The summed E-state index contributed by atoms with van der Waals surface area (Å²) in [6, 6.07) is 5.97. The van der Waals surface area contributed by atoms with Gasteiger partial charge in [0.25, 0.3) is 0 Å². The van der Waals surface area contributed by atoms with E-state index < -0.39 is 9.84 Å². The van der Waals surface area contributed by atoms with Crippen LogP contribution in [0, 0.1) is 5.92 Å². The highest BCUT2D eigenvalue weighted by atomic mass is 32.2. The van der Waals surface area contributed by atoms with E-state index in [0.29, 0.717) is 11.8 Å². The van der Waals surface area contributed by atoms with E-state index in [1.165, 1.54) is 32.6 Å². The molecular formula is C16H25NO3S. The Bertz CT molecular complexity index is 594. The minimum Gasteiger partial charge on any atom is -0.495 e. The zero-order chi connectivity index (χ0) is 15.6. The molecule has 0 amide bonds. The fraction of sp³-hybridized carbons (Fsp3) is 0.625. The molecule has 0 spiro atoms. The van der Waals surface area contributed by atoms with Crippen LogP contribution in [0.3, 0.4) is 0 Å². The monoisotopic (exact) mass is 311 g/mol. The molecule has 2 atom stereocenters. The molecule has 1 aromatic rings. The summed E-state index contributed by atoms with van der Waals surface area (Å²) >= 11 is 0. The maximum Gasteiger partial charge on any atom is 0.179 e. The van der Waals surface area contributed by atoms with Crippen LogP contribution in [-0.4, -0.2) is 27.8 Å². The Morgan fingerprint density at radius 2 is 1.95 bits per heavy atom. The Kier molecular flexibility index (Phi) is 4.94. The molecule has 1 saturated carbocycles. The van der Waals surface area contributed by atoms with Gasteiger partial charge in [0.2, 0.25) is 0 Å². The predicted molar refractivity (Wildman–Crippen MR) is 84.5 cm³/mol. The molecule has 5 heteroatoms. The summed E-state index contributed by atoms with van der Waals surface area (Å²) in [7, 11) is -1.76. The Labute approximate surface area is 127 Å². The van der Waals surface area contributed by atoms with E-state index >= 15 is 0 Å². The van der Waals surface area contributed by atoms with E-state index in [9.17, 15) is 8.42 Å². The van der Waals surface area contributed by atoms with Gasteiger partial charge in [0.15, 0.2) is 9.84 Å². The molecule has 1 aromatic carbocycles. The number of ether oxygens (including phenoxy) is 1. The number of hydrogen-bond donors (Lipinski definition) is 1. The summed E-state index contributed by atoms with van der Waals surface area (Å²) in [5, 5.41) is 3.60. The maximum atomic E-state index is 11.7. The summed E-state index contributed by atoms with van der Waals surface area (Å²) in [5.74, 6) is 1.18. The molecule has 0 aliphatic heterocycles. The number of benzene rings is 1. The first-order valence-corrected chi connectivity index (χ1v) is 9.36. The van der Waals surface area contributed by atoms with Gasteiger partial charge in [0.1, 0.15) is 10.6 Å². The van der Waals surface area contributed by atoms with Gasteiger partial charge in [-0.3, -0.25) is 0 Å². The zero-order valence-electron chi connectivity index (χ0n) is 13.2. The normalized spacial score (nSPS) is 18.9. The molecule has 0 radical (unpaired) electrons. The van der Waals surface area contributed by atoms with Crippen LogP contribution in [0.15, 0.2) is 23.1 Å². The smallest absolute Gasteiger partial charge is 0.179 e. The van der Waals surface area contributed by atoms with Gasteiger partial charge in [-0.2, -0.15) is 0 Å². The van der Waals surface area contributed by atoms with Crippen molar-refractivity contribution in [2.24, 2.45) is 5.92 Å². The minimum absolute atomic E-state index is 0.170. The van der Waals surface area contributed by atoms with Gasteiger partial charge in [-0.1, -0.05) is 12.5 Å². The molecule has 0 saturated heterocycles. The molecule has 1 aliphatic carbocycles. The lowest BCUT2D eigenvalue weighted by molar-refractivity contribution is 0.229. The van der Waals surface area contributed by atoms with Crippen molar-refractivity contribution in [2.45, 2.75) is 50.1 Å². The minimum atomic E-state index is -3.26. The topological polar surface area (TPSA) is 55.4 Å². The fourth-order valence-corrected chi connectivity index (χ4v) is 3.65. The number of sulfone groups is 1. The van der Waals surface area contributed by atoms with Gasteiger partial charge < -0.3 is 10.1 Å². The highest BCUT2D eigenvalue weighted by Crippen LogP contribution is 2.32. The van der Waals surface area contributed by atoms with E-state index in [-0.39, 0.29) is 10.9 Å². The molecule has 118 valence electrons. The number of rotatable bonds is 6. The molecule has 0 bridgehead atoms. The number of nitrogens with one attached hydrogen (secondary N) is 1. The van der Waals surface area contributed by atoms with Crippen molar-refractivity contribution in [2.75, 3.05) is 13.4 Å². The first-order chi connectivity index (χ1) is 9.82. The van der Waals surface area contributed by atoms with Crippen molar-refractivity contribution in [3.05, 3.63) is 23.8 Å². The third-order valence-corrected chi connectivity index (χ3v) is 5.59. The molecular weight excluding hydrogens is 286 g/mol. The van der Waals surface area contributed by atoms with Crippen LogP contribution in [0.5, 0.6) is 5.75 Å². The van der Waals surface area contributed by atoms with Crippen molar-refractivity contribution in [3.8, 4) is 5.75 Å². The maximum absolute atomic E-state index is 11.7. The quantitative estimate of drug-likeness (QED) is 0.877. The standard InChI is InChI=1S/C16H25NO3S/c1-11(13-6-5-7-13)17-12(2)14-8-9-16(21(4,18)19)15(10-14)20-3/h8-13,17H,5-7H2,1-4H3/t11-,12+/m1/s1. The highest BCUT2D eigenvalue weighted by Gasteiger charge is 2.25. The second-order valence-corrected chi connectivity index (χ2v) is 8.03. The molecule has 1 N–H and O–H groups in total.